The lowest BCUT2D eigenvalue weighted by Gasteiger charge is -2.19. The first-order valence-corrected chi connectivity index (χ1v) is 7.64. The molecule has 3 heterocycles. The molecule has 1 fully saturated rings. The molecule has 2 atom stereocenters. The van der Waals surface area contributed by atoms with Gasteiger partial charge in [0.15, 0.2) is 0 Å². The molecule has 6 heteroatoms. The van der Waals surface area contributed by atoms with E-state index in [0.717, 1.165) is 37.7 Å². The summed E-state index contributed by atoms with van der Waals surface area (Å²) in [5.74, 6) is 2.54. The Morgan fingerprint density at radius 1 is 1.50 bits per heavy atom. The normalized spacial score (nSPS) is 21.1. The van der Waals surface area contributed by atoms with E-state index in [-0.39, 0.29) is 6.10 Å². The minimum Gasteiger partial charge on any atom is -0.449 e. The molecule has 3 rings (SSSR count). The highest BCUT2D eigenvalue weighted by atomic mass is 16.5. The minimum atomic E-state index is 0.0497. The minimum absolute atomic E-state index is 0.0497. The van der Waals surface area contributed by atoms with Crippen molar-refractivity contribution in [2.75, 3.05) is 13.2 Å². The van der Waals surface area contributed by atoms with Crippen LogP contribution in [0, 0.1) is 17.2 Å². The van der Waals surface area contributed by atoms with E-state index in [4.69, 9.17) is 14.4 Å². The lowest BCUT2D eigenvalue weighted by atomic mass is 10.0. The molecule has 6 nitrogen and oxygen atoms in total. The second-order valence-corrected chi connectivity index (χ2v) is 5.42. The van der Waals surface area contributed by atoms with Gasteiger partial charge < -0.3 is 19.0 Å². The summed E-state index contributed by atoms with van der Waals surface area (Å²) in [4.78, 5) is 4.46. The molecule has 1 N–H and O–H groups in total. The van der Waals surface area contributed by atoms with E-state index in [9.17, 15) is 0 Å². The largest absolute Gasteiger partial charge is 0.449 e. The third-order valence-electron chi connectivity index (χ3n) is 4.03. The number of nitriles is 1. The van der Waals surface area contributed by atoms with Gasteiger partial charge in [0, 0.05) is 38.0 Å². The Hall–Kier alpha value is -2.10. The van der Waals surface area contributed by atoms with Gasteiger partial charge in [-0.1, -0.05) is 0 Å². The molecule has 0 radical (unpaired) electrons. The maximum absolute atomic E-state index is 8.75. The van der Waals surface area contributed by atoms with E-state index >= 15 is 0 Å². The summed E-state index contributed by atoms with van der Waals surface area (Å²) in [6.45, 7) is 5.24. The highest BCUT2D eigenvalue weighted by Gasteiger charge is 2.32. The molecule has 0 spiro atoms. The third kappa shape index (κ3) is 3.06. The van der Waals surface area contributed by atoms with E-state index in [0.29, 0.717) is 18.2 Å². The summed E-state index contributed by atoms with van der Waals surface area (Å²) in [7, 11) is 0. The predicted octanol–water partition coefficient (Wildman–Crippen LogP) is 2.24. The number of imidazole rings is 1. The van der Waals surface area contributed by atoms with E-state index in [1.165, 1.54) is 0 Å². The standard InChI is InChI=1S/C16H20N4O2/c1-2-20-7-6-19-16(20)15-12(5-8-21-15)10-18-11-14-4-3-13(9-17)22-14/h3-4,6-7,12,15,18H,2,5,8,10-11H2,1H3/t12-,15+/m0/s1. The Bertz CT molecular complexity index is 655. The van der Waals surface area contributed by atoms with Crippen LogP contribution in [-0.2, 0) is 17.8 Å². The van der Waals surface area contributed by atoms with E-state index in [1.54, 1.807) is 6.07 Å². The Morgan fingerprint density at radius 3 is 3.18 bits per heavy atom. The molecule has 0 bridgehead atoms. The van der Waals surface area contributed by atoms with Gasteiger partial charge in [-0.3, -0.25) is 0 Å². The number of nitrogens with one attached hydrogen (secondary N) is 1. The molecule has 22 heavy (non-hydrogen) atoms. The molecular weight excluding hydrogens is 280 g/mol. The molecule has 2 aromatic rings. The quantitative estimate of drug-likeness (QED) is 0.885. The van der Waals surface area contributed by atoms with Crippen LogP contribution in [-0.4, -0.2) is 22.7 Å². The Balaban J connectivity index is 1.56. The fourth-order valence-electron chi connectivity index (χ4n) is 2.89. The van der Waals surface area contributed by atoms with Gasteiger partial charge in [-0.2, -0.15) is 5.26 Å². The van der Waals surface area contributed by atoms with Crippen molar-refractivity contribution in [3.63, 3.8) is 0 Å². The zero-order chi connectivity index (χ0) is 15.4. The van der Waals surface area contributed by atoms with Gasteiger partial charge in [0.25, 0.3) is 0 Å². The van der Waals surface area contributed by atoms with Crippen molar-refractivity contribution in [1.29, 1.82) is 5.26 Å². The summed E-state index contributed by atoms with van der Waals surface area (Å²) >= 11 is 0. The fourth-order valence-corrected chi connectivity index (χ4v) is 2.89. The van der Waals surface area contributed by atoms with E-state index < -0.39 is 0 Å². The molecule has 0 amide bonds. The van der Waals surface area contributed by atoms with Gasteiger partial charge >= 0.3 is 0 Å². The van der Waals surface area contributed by atoms with Crippen molar-refractivity contribution in [1.82, 2.24) is 14.9 Å². The molecular formula is C16H20N4O2. The highest BCUT2D eigenvalue weighted by molar-refractivity contribution is 5.18. The number of aryl methyl sites for hydroxylation is 1. The molecule has 0 saturated carbocycles. The average Bonchev–Trinajstić information content (AvgIpc) is 3.27. The monoisotopic (exact) mass is 300 g/mol. The number of nitrogens with zero attached hydrogens (tertiary/aromatic N) is 3. The predicted molar refractivity (Wildman–Crippen MR) is 79.8 cm³/mol. The topological polar surface area (TPSA) is 76.0 Å². The van der Waals surface area contributed by atoms with Gasteiger partial charge in [-0.15, -0.1) is 0 Å². The molecule has 0 unspecified atom stereocenters. The molecule has 0 aromatic carbocycles. The third-order valence-corrected chi connectivity index (χ3v) is 4.03. The van der Waals surface area contributed by atoms with Crippen molar-refractivity contribution in [2.45, 2.75) is 32.5 Å². The second kappa shape index (κ2) is 6.77. The molecule has 2 aromatic heterocycles. The van der Waals surface area contributed by atoms with Crippen LogP contribution in [0.2, 0.25) is 0 Å². The smallest absolute Gasteiger partial charge is 0.203 e. The van der Waals surface area contributed by atoms with Crippen LogP contribution in [0.25, 0.3) is 0 Å². The van der Waals surface area contributed by atoms with E-state index in [1.807, 2.05) is 24.5 Å². The first-order valence-electron chi connectivity index (χ1n) is 7.64. The molecule has 1 saturated heterocycles. The lowest BCUT2D eigenvalue weighted by Crippen LogP contribution is -2.25. The number of rotatable bonds is 6. The van der Waals surface area contributed by atoms with Crippen LogP contribution in [0.3, 0.4) is 0 Å². The van der Waals surface area contributed by atoms with E-state index in [2.05, 4.69) is 21.8 Å². The highest BCUT2D eigenvalue weighted by Crippen LogP contribution is 2.33. The number of hydrogen-bond donors (Lipinski definition) is 1. The number of hydrogen-bond acceptors (Lipinski definition) is 5. The van der Waals surface area contributed by atoms with Crippen LogP contribution < -0.4 is 5.32 Å². The fraction of sp³-hybridized carbons (Fsp3) is 0.500. The Kier molecular flexibility index (Phi) is 4.56. The zero-order valence-electron chi connectivity index (χ0n) is 12.7. The summed E-state index contributed by atoms with van der Waals surface area (Å²) in [5, 5.41) is 12.1. The zero-order valence-corrected chi connectivity index (χ0v) is 12.7. The number of aromatic nitrogens is 2. The van der Waals surface area contributed by atoms with Gasteiger partial charge in [0.2, 0.25) is 5.76 Å². The average molecular weight is 300 g/mol. The SMILES string of the molecule is CCn1ccnc1[C@@H]1OCC[C@H]1CNCc1ccc(C#N)o1. The van der Waals surface area contributed by atoms with Crippen LogP contribution >= 0.6 is 0 Å². The number of furan rings is 1. The number of ether oxygens (including phenoxy) is 1. The Labute approximate surface area is 129 Å². The molecule has 116 valence electrons. The molecule has 0 aliphatic carbocycles. The molecule has 1 aliphatic heterocycles. The first-order chi connectivity index (χ1) is 10.8. The second-order valence-electron chi connectivity index (χ2n) is 5.42. The maximum atomic E-state index is 8.75. The van der Waals surface area contributed by atoms with Crippen molar-refractivity contribution >= 4 is 0 Å². The van der Waals surface area contributed by atoms with Crippen LogP contribution in [0.1, 0.15) is 36.8 Å². The molecule has 1 aliphatic rings. The van der Waals surface area contributed by atoms with Crippen LogP contribution in [0.5, 0.6) is 0 Å². The summed E-state index contributed by atoms with van der Waals surface area (Å²) in [6, 6.07) is 5.51. The van der Waals surface area contributed by atoms with Gasteiger partial charge in [0.1, 0.15) is 23.8 Å². The maximum Gasteiger partial charge on any atom is 0.203 e. The van der Waals surface area contributed by atoms with Gasteiger partial charge in [-0.25, -0.2) is 4.98 Å². The van der Waals surface area contributed by atoms with Crippen molar-refractivity contribution in [3.8, 4) is 6.07 Å². The summed E-state index contributed by atoms with van der Waals surface area (Å²) in [6.07, 6.45) is 4.90. The van der Waals surface area contributed by atoms with Crippen molar-refractivity contribution < 1.29 is 9.15 Å². The first kappa shape index (κ1) is 14.8. The van der Waals surface area contributed by atoms with Crippen molar-refractivity contribution in [3.05, 3.63) is 41.9 Å². The van der Waals surface area contributed by atoms with Crippen LogP contribution in [0.15, 0.2) is 28.9 Å². The van der Waals surface area contributed by atoms with Crippen LogP contribution in [0.4, 0.5) is 0 Å². The summed E-state index contributed by atoms with van der Waals surface area (Å²) in [5.41, 5.74) is 0. The lowest BCUT2D eigenvalue weighted by molar-refractivity contribution is 0.0803. The Morgan fingerprint density at radius 2 is 2.41 bits per heavy atom. The van der Waals surface area contributed by atoms with Gasteiger partial charge in [-0.05, 0) is 25.5 Å². The summed E-state index contributed by atoms with van der Waals surface area (Å²) < 4.78 is 13.4. The van der Waals surface area contributed by atoms with Gasteiger partial charge in [0.05, 0.1) is 6.54 Å². The van der Waals surface area contributed by atoms with Crippen molar-refractivity contribution in [2.24, 2.45) is 5.92 Å².